The number of benzene rings is 13. The number of Topliss-reactive ketones (excluding diaryl/α,β-unsaturated/α-hetero) is 1. The summed E-state index contributed by atoms with van der Waals surface area (Å²) in [5, 5.41) is 17.9. The average Bonchev–Trinajstić information content (AvgIpc) is 1.51. The van der Waals surface area contributed by atoms with E-state index in [1.54, 1.807) is 60.1 Å². The number of aromatic amines is 1. The molecule has 5 aliphatic heterocycles. The van der Waals surface area contributed by atoms with Gasteiger partial charge in [-0.2, -0.15) is 73.1 Å². The van der Waals surface area contributed by atoms with E-state index in [4.69, 9.17) is 4.74 Å². The van der Waals surface area contributed by atoms with Crippen LogP contribution in [0.4, 0.5) is 86.8 Å². The fourth-order valence-corrected chi connectivity index (χ4v) is 21.3. The molecule has 13 aromatic carbocycles. The second-order valence-electron chi connectivity index (χ2n) is 34.6. The molecule has 1 unspecified atom stereocenters. The van der Waals surface area contributed by atoms with Crippen molar-refractivity contribution in [3.63, 3.8) is 0 Å². The summed E-state index contributed by atoms with van der Waals surface area (Å²) in [6.07, 6.45) is -16.0. The van der Waals surface area contributed by atoms with Crippen LogP contribution in [0.3, 0.4) is 0 Å². The van der Waals surface area contributed by atoms with Gasteiger partial charge in [-0.15, -0.1) is 0 Å². The highest BCUT2D eigenvalue weighted by atomic mass is 79.9. The second kappa shape index (κ2) is 37.7. The number of ether oxygens (including phenoxy) is 1. The van der Waals surface area contributed by atoms with Gasteiger partial charge < -0.3 is 14.5 Å². The monoisotopic (exact) mass is 2180 g/mol. The zero-order valence-electron chi connectivity index (χ0n) is 74.0. The fourth-order valence-electron chi connectivity index (χ4n) is 19.2. The number of anilines is 6. The number of nitrogens with one attached hydrogen (secondary N) is 1. The molecule has 5 aliphatic rings. The first kappa shape index (κ1) is 95.8. The number of ketones is 1. The summed E-state index contributed by atoms with van der Waals surface area (Å²) in [5.41, 5.74) is 15.0. The van der Waals surface area contributed by atoms with Crippen molar-refractivity contribution >= 4 is 120 Å². The average molecular weight is 2190 g/mol. The van der Waals surface area contributed by atoms with Crippen molar-refractivity contribution in [3.05, 3.63) is 446 Å². The number of hydrogen-bond acceptors (Lipinski definition) is 8. The largest absolute Gasteiger partial charge is 0.435 e. The lowest BCUT2D eigenvalue weighted by Crippen LogP contribution is -2.36. The van der Waals surface area contributed by atoms with Crippen LogP contribution in [0.25, 0.3) is 45.0 Å². The van der Waals surface area contributed by atoms with Crippen molar-refractivity contribution in [3.8, 4) is 45.0 Å². The lowest BCUT2D eigenvalue weighted by molar-refractivity contribution is -0.143. The number of rotatable bonds is 10. The van der Waals surface area contributed by atoms with Gasteiger partial charge in [-0.1, -0.05) is 332 Å². The molecule has 1 saturated heterocycles. The minimum atomic E-state index is -4.63. The van der Waals surface area contributed by atoms with Crippen LogP contribution in [0.5, 0.6) is 0 Å². The van der Waals surface area contributed by atoms with E-state index in [0.717, 1.165) is 133 Å². The number of alkyl halides is 12. The molecule has 1 fully saturated rings. The van der Waals surface area contributed by atoms with Gasteiger partial charge in [-0.25, -0.2) is 14.0 Å². The van der Waals surface area contributed by atoms with E-state index >= 15 is 0 Å². The van der Waals surface area contributed by atoms with Crippen LogP contribution in [-0.4, -0.2) is 51.9 Å². The molecule has 12 nitrogen and oxygen atoms in total. The summed E-state index contributed by atoms with van der Waals surface area (Å²) < 4.78 is 175. The van der Waals surface area contributed by atoms with E-state index in [1.807, 2.05) is 126 Å². The number of hydrogen-bond donors (Lipinski definition) is 1. The molecule has 17 aromatic rings. The summed E-state index contributed by atoms with van der Waals surface area (Å²) in [7, 11) is 0. The molecule has 4 aromatic heterocycles. The zero-order chi connectivity index (χ0) is 97.3. The summed E-state index contributed by atoms with van der Waals surface area (Å²) in [4.78, 5) is 15.4. The minimum Gasteiger partial charge on any atom is -0.356 e. The molecule has 0 spiro atoms. The number of carbonyl (C=O) groups is 1. The standard InChI is InChI=1S/C53H41F3N4.C23H13Br2F3N2.C15H14BrF3N2O.C10H6BrF3N2.C8H7BrO/c1-50(2)40-17-7-11-21-44(40)58(45-22-12-8-18-41(45)50)36-29-25-34(26-30-36)52(39-16-6-5-15-38(39)48-33-49(53(54,55)56)57-60(48)52)35-27-31-37(32-28-35)59-46-23-13-9-19-42(46)51(3,4)43-20-10-14-24-47(43)59;24-16-9-5-14(6-10-16)22(15-7-11-17(25)12-8-15)19-4-2-1-3-18(19)20-13-21(23(26,27)28)29-30(20)22;16-11-6-2-1-5-10(11)12-9-13(15(17,18)19)20-21(12)14-7-3-4-8-22-14;11-7-4-2-1-3-6(7)8-5-9(16-15-8)10(12,13)14;1-6(10)7-4-2-3-5-8(7)9/h5-33H,1-4H3;1-13H;1-2,5-6,9,14H,3-4,7-8H2;1-5H,(H,15,16);2-5H,1H3. The molecule has 698 valence electrons. The van der Waals surface area contributed by atoms with Crippen LogP contribution >= 0.6 is 79.6 Å². The Balaban J connectivity index is 0.000000134. The van der Waals surface area contributed by atoms with Crippen LogP contribution in [-0.2, 0) is 51.3 Å². The molecular formula is C109H81Br5F12N10O2. The number of carbonyl (C=O) groups excluding carboxylic acids is 1. The maximum Gasteiger partial charge on any atom is 0.435 e. The molecule has 0 saturated carbocycles. The quantitative estimate of drug-likeness (QED) is 0.106. The summed E-state index contributed by atoms with van der Waals surface area (Å²) >= 11 is 16.8. The van der Waals surface area contributed by atoms with E-state index in [9.17, 15) is 57.5 Å². The summed E-state index contributed by atoms with van der Waals surface area (Å²) in [6, 6.07) is 107. The van der Waals surface area contributed by atoms with Crippen LogP contribution in [0, 0.1) is 0 Å². The van der Waals surface area contributed by atoms with E-state index in [-0.39, 0.29) is 22.3 Å². The number of para-hydroxylation sites is 4. The predicted molar refractivity (Wildman–Crippen MR) is 531 cm³/mol. The van der Waals surface area contributed by atoms with Gasteiger partial charge in [0.05, 0.1) is 45.5 Å². The predicted octanol–water partition coefficient (Wildman–Crippen LogP) is 32.7. The smallest absolute Gasteiger partial charge is 0.356 e. The van der Waals surface area contributed by atoms with Crippen molar-refractivity contribution in [2.45, 2.75) is 107 Å². The molecule has 9 heterocycles. The van der Waals surface area contributed by atoms with Gasteiger partial charge in [0.15, 0.2) is 29.1 Å². The Morgan fingerprint density at radius 1 is 0.362 bits per heavy atom. The molecule has 0 aliphatic carbocycles. The van der Waals surface area contributed by atoms with Crippen LogP contribution < -0.4 is 9.80 Å². The maximum atomic E-state index is 14.6. The van der Waals surface area contributed by atoms with E-state index in [2.05, 4.69) is 283 Å². The van der Waals surface area contributed by atoms with E-state index < -0.39 is 64.8 Å². The molecule has 138 heavy (non-hydrogen) atoms. The third kappa shape index (κ3) is 17.7. The van der Waals surface area contributed by atoms with Gasteiger partial charge in [0, 0.05) is 79.0 Å². The minimum absolute atomic E-state index is 0.0903. The first-order valence-electron chi connectivity index (χ1n) is 43.8. The molecule has 0 amide bonds. The number of fused-ring (bicyclic) bond motifs is 10. The molecule has 0 bridgehead atoms. The molecule has 1 atom stereocenters. The zero-order valence-corrected chi connectivity index (χ0v) is 81.9. The van der Waals surface area contributed by atoms with Crippen LogP contribution in [0.15, 0.2) is 362 Å². The Bertz CT molecular complexity index is 7110. The Kier molecular flexibility index (Phi) is 26.1. The maximum absolute atomic E-state index is 14.6. The first-order valence-corrected chi connectivity index (χ1v) is 47.8. The van der Waals surface area contributed by atoms with Gasteiger partial charge in [-0.3, -0.25) is 9.89 Å². The summed E-state index contributed by atoms with van der Waals surface area (Å²) in [6.45, 7) is 11.1. The van der Waals surface area contributed by atoms with Crippen molar-refractivity contribution in [1.82, 2.24) is 39.5 Å². The van der Waals surface area contributed by atoms with E-state index in [1.165, 1.54) is 37.7 Å². The Labute approximate surface area is 829 Å². The van der Waals surface area contributed by atoms with Crippen molar-refractivity contribution < 1.29 is 62.2 Å². The van der Waals surface area contributed by atoms with Crippen molar-refractivity contribution in [1.29, 1.82) is 0 Å². The van der Waals surface area contributed by atoms with Crippen LogP contribution in [0.1, 0.15) is 149 Å². The first-order chi connectivity index (χ1) is 65.9. The molecule has 1 N–H and O–H groups in total. The Morgan fingerprint density at radius 2 is 0.696 bits per heavy atom. The third-order valence-corrected chi connectivity index (χ3v) is 28.7. The van der Waals surface area contributed by atoms with Crippen LogP contribution in [0.2, 0.25) is 0 Å². The Morgan fingerprint density at radius 3 is 1.04 bits per heavy atom. The summed E-state index contributed by atoms with van der Waals surface area (Å²) in [5.74, 6) is 0.0903. The highest BCUT2D eigenvalue weighted by Crippen LogP contribution is 2.59. The van der Waals surface area contributed by atoms with Crippen molar-refractivity contribution in [2.24, 2.45) is 0 Å². The lowest BCUT2D eigenvalue weighted by Gasteiger charge is -2.42. The lowest BCUT2D eigenvalue weighted by atomic mass is 9.73. The van der Waals surface area contributed by atoms with Gasteiger partial charge >= 0.3 is 24.7 Å². The van der Waals surface area contributed by atoms with Gasteiger partial charge in [-0.05, 0) is 197 Å². The molecular weight excluding hydrogens is 2110 g/mol. The Hall–Kier alpha value is -12.5. The molecule has 0 radical (unpaired) electrons. The highest BCUT2D eigenvalue weighted by molar-refractivity contribution is 9.11. The topological polar surface area (TPSA) is 115 Å². The van der Waals surface area contributed by atoms with Crippen molar-refractivity contribution in [2.75, 3.05) is 16.4 Å². The second-order valence-corrected chi connectivity index (χ2v) is 39.0. The molecule has 29 heteroatoms. The van der Waals surface area contributed by atoms with Gasteiger partial charge in [0.25, 0.3) is 0 Å². The van der Waals surface area contributed by atoms with Gasteiger partial charge in [0.2, 0.25) is 0 Å². The third-order valence-electron chi connectivity index (χ3n) is 25.6. The number of aromatic nitrogens is 8. The number of H-pyrrole nitrogens is 1. The fraction of sp³-hybridized carbons (Fsp3) is 0.165. The highest BCUT2D eigenvalue weighted by Gasteiger charge is 2.53. The molecule has 22 rings (SSSR count). The van der Waals surface area contributed by atoms with Gasteiger partial charge in [0.1, 0.15) is 16.8 Å². The number of nitrogens with zero attached hydrogens (tertiary/aromatic N) is 9. The SMILES string of the molecule is CC(=O)c1ccccc1Br.CC1(C)c2ccccc2N(c2ccc(C3(c4ccc(N5c6ccccc6C(C)(C)c6ccccc65)cc4)c4ccccc4-c4cc(C(F)(F)F)nn43)cc2)c2ccccc21.FC(F)(F)c1cc(-c2ccccc2Br)n(C2CCCCO2)n1.FC(F)(F)c1cc(-c2ccccc2Br)n[nH]1.FC(F)(F)c1cc2n(n1)C(c1ccc(Br)cc1)(c1ccc(Br)cc1)c1ccccc1-2. The normalized spacial score (nSPS) is 15.3. The number of halogens is 17. The van der Waals surface area contributed by atoms with E-state index in [0.29, 0.717) is 45.7 Å².